The molecule has 0 saturated heterocycles. The van der Waals surface area contributed by atoms with Gasteiger partial charge in [0.25, 0.3) is 0 Å². The van der Waals surface area contributed by atoms with Gasteiger partial charge in [-0.05, 0) is 6.42 Å². The van der Waals surface area contributed by atoms with Crippen molar-refractivity contribution in [1.82, 2.24) is 0 Å². The summed E-state index contributed by atoms with van der Waals surface area (Å²) in [5, 5.41) is 0. The van der Waals surface area contributed by atoms with Gasteiger partial charge in [-0.2, -0.15) is 0 Å². The summed E-state index contributed by atoms with van der Waals surface area (Å²) in [4.78, 5) is 0. The van der Waals surface area contributed by atoms with Gasteiger partial charge in [-0.3, -0.25) is 0 Å². The summed E-state index contributed by atoms with van der Waals surface area (Å²) in [6.45, 7) is 1.83. The lowest BCUT2D eigenvalue weighted by Crippen LogP contribution is -1.88. The van der Waals surface area contributed by atoms with Crippen LogP contribution in [0.3, 0.4) is 0 Å². The fourth-order valence-electron chi connectivity index (χ4n) is 0.167. The van der Waals surface area contributed by atoms with Crippen molar-refractivity contribution >= 4 is 11.1 Å². The number of hydrogen-bond donors (Lipinski definition) is 0. The molecule has 0 rings (SSSR count). The zero-order valence-electron chi connectivity index (χ0n) is 3.64. The first-order chi connectivity index (χ1) is 2.77. The van der Waals surface area contributed by atoms with Crippen LogP contribution in [0, 0.1) is 0 Å². The van der Waals surface area contributed by atoms with Crippen LogP contribution < -0.4 is 0 Å². The predicted octanol–water partition coefficient (Wildman–Crippen LogP) is 0.491. The van der Waals surface area contributed by atoms with Crippen LogP contribution in [0.15, 0.2) is 0 Å². The first-order valence-corrected chi connectivity index (χ1v) is 3.07. The summed E-state index contributed by atoms with van der Waals surface area (Å²) in [6.07, 6.45) is 0.718. The second-order valence-corrected chi connectivity index (χ2v) is 2.02. The maximum Gasteiger partial charge on any atom is 0.188 e. The van der Waals surface area contributed by atoms with Gasteiger partial charge in [0, 0.05) is 0 Å². The summed E-state index contributed by atoms with van der Waals surface area (Å²) >= 11 is -1.82. The van der Waals surface area contributed by atoms with Gasteiger partial charge in [0.05, 0.1) is 5.75 Å². The molecule has 0 amide bonds. The van der Waals surface area contributed by atoms with Crippen LogP contribution in [0.25, 0.3) is 0 Å². The van der Waals surface area contributed by atoms with Crippen molar-refractivity contribution in [2.24, 2.45) is 0 Å². The smallest absolute Gasteiger partial charge is 0.188 e. The quantitative estimate of drug-likeness (QED) is 0.506. The summed E-state index contributed by atoms with van der Waals surface area (Å²) in [5.41, 5.74) is 0. The van der Waals surface area contributed by atoms with E-state index in [1.807, 2.05) is 6.92 Å². The van der Waals surface area contributed by atoms with E-state index in [0.29, 0.717) is 5.75 Å². The summed E-state index contributed by atoms with van der Waals surface area (Å²) < 4.78 is 19.2. The topological polar surface area (TPSA) is 37.0 Å². The van der Waals surface area contributed by atoms with E-state index in [1.165, 1.54) is 0 Å². The molecule has 37 valence electrons. The Morgan fingerprint density at radius 3 is 2.17 bits per heavy atom. The maximum absolute atomic E-state index is 9.60. The molecule has 3 heteroatoms. The standard InChI is InChI=1S/C3H7O2S/c1-2-3-6(4)5/h2-3H2,1H3. The van der Waals surface area contributed by atoms with Crippen molar-refractivity contribution in [3.63, 3.8) is 0 Å². The Morgan fingerprint density at radius 2 is 2.17 bits per heavy atom. The van der Waals surface area contributed by atoms with Crippen LogP contribution in [0.5, 0.6) is 0 Å². The van der Waals surface area contributed by atoms with Crippen molar-refractivity contribution in [2.75, 3.05) is 5.75 Å². The van der Waals surface area contributed by atoms with E-state index in [4.69, 9.17) is 0 Å². The van der Waals surface area contributed by atoms with Crippen molar-refractivity contribution in [2.45, 2.75) is 13.3 Å². The molecule has 0 spiro atoms. The van der Waals surface area contributed by atoms with Crippen LogP contribution in [0.1, 0.15) is 13.3 Å². The van der Waals surface area contributed by atoms with Crippen molar-refractivity contribution in [1.29, 1.82) is 0 Å². The van der Waals surface area contributed by atoms with E-state index in [2.05, 4.69) is 0 Å². The molecule has 1 unspecified atom stereocenters. The van der Waals surface area contributed by atoms with Gasteiger partial charge >= 0.3 is 0 Å². The molecule has 0 aromatic carbocycles. The van der Waals surface area contributed by atoms with Crippen molar-refractivity contribution in [3.05, 3.63) is 0 Å². The largest absolute Gasteiger partial charge is 0.227 e. The predicted molar refractivity (Wildman–Crippen MR) is 24.0 cm³/mol. The molecule has 0 aromatic rings. The van der Waals surface area contributed by atoms with Gasteiger partial charge in [-0.25, -0.2) is 4.21 Å². The van der Waals surface area contributed by atoms with Gasteiger partial charge in [-0.1, -0.05) is 6.92 Å². The highest BCUT2D eigenvalue weighted by atomic mass is 32.2. The van der Waals surface area contributed by atoms with E-state index in [0.717, 1.165) is 6.42 Å². The van der Waals surface area contributed by atoms with Crippen LogP contribution in [-0.2, 0) is 15.6 Å². The molecule has 0 aromatic heterocycles. The molecular weight excluding hydrogens is 100 g/mol. The lowest BCUT2D eigenvalue weighted by molar-refractivity contribution is 0.472. The Labute approximate surface area is 39.8 Å². The van der Waals surface area contributed by atoms with Gasteiger partial charge in [0.15, 0.2) is 11.1 Å². The van der Waals surface area contributed by atoms with E-state index >= 15 is 0 Å². The molecule has 0 heterocycles. The molecule has 1 radical (unpaired) electrons. The molecule has 6 heavy (non-hydrogen) atoms. The molecule has 2 nitrogen and oxygen atoms in total. The molecule has 0 aliphatic heterocycles. The molecule has 0 saturated carbocycles. The zero-order chi connectivity index (χ0) is 4.99. The second kappa shape index (κ2) is 3.31. The Bertz CT molecular complexity index is 52.8. The highest BCUT2D eigenvalue weighted by Gasteiger charge is 1.86. The third-order valence-electron chi connectivity index (χ3n) is 0.371. The molecule has 0 bridgehead atoms. The normalized spacial score (nSPS) is 14.3. The lowest BCUT2D eigenvalue weighted by Gasteiger charge is -1.78. The Hall–Kier alpha value is 0.110. The highest BCUT2D eigenvalue weighted by molar-refractivity contribution is 7.78. The molecule has 0 N–H and O–H groups in total. The Balaban J connectivity index is 2.83. The summed E-state index contributed by atoms with van der Waals surface area (Å²) in [7, 11) is 0. The van der Waals surface area contributed by atoms with Gasteiger partial charge < -0.3 is 0 Å². The van der Waals surface area contributed by atoms with Crippen LogP contribution >= 0.6 is 0 Å². The fraction of sp³-hybridized carbons (Fsp3) is 1.00. The lowest BCUT2D eigenvalue weighted by atomic mass is 10.6. The molecule has 1 atom stereocenters. The Morgan fingerprint density at radius 1 is 1.67 bits per heavy atom. The molecule has 0 aliphatic rings. The minimum Gasteiger partial charge on any atom is -0.227 e. The fourth-order valence-corrected chi connectivity index (χ4v) is 0.500. The second-order valence-electron chi connectivity index (χ2n) is 1.01. The summed E-state index contributed by atoms with van der Waals surface area (Å²) in [5.74, 6) is 0.292. The first-order valence-electron chi connectivity index (χ1n) is 1.83. The highest BCUT2D eigenvalue weighted by Crippen LogP contribution is 1.78. The maximum atomic E-state index is 9.60. The third-order valence-corrected chi connectivity index (χ3v) is 1.11. The average molecular weight is 107 g/mol. The Kier molecular flexibility index (Phi) is 3.37. The summed E-state index contributed by atoms with van der Waals surface area (Å²) in [6, 6.07) is 0. The van der Waals surface area contributed by atoms with E-state index < -0.39 is 11.1 Å². The van der Waals surface area contributed by atoms with Gasteiger partial charge in [0.1, 0.15) is 0 Å². The molecule has 0 aliphatic carbocycles. The monoisotopic (exact) mass is 107 g/mol. The van der Waals surface area contributed by atoms with E-state index in [9.17, 15) is 8.76 Å². The third kappa shape index (κ3) is 4.11. The minimum atomic E-state index is -1.82. The minimum absolute atomic E-state index is 0.292. The molecule has 0 fully saturated rings. The van der Waals surface area contributed by atoms with E-state index in [1.54, 1.807) is 0 Å². The van der Waals surface area contributed by atoms with Gasteiger partial charge in [0.2, 0.25) is 0 Å². The van der Waals surface area contributed by atoms with E-state index in [-0.39, 0.29) is 0 Å². The number of rotatable bonds is 2. The van der Waals surface area contributed by atoms with Crippen LogP contribution in [-0.4, -0.2) is 9.96 Å². The van der Waals surface area contributed by atoms with Crippen molar-refractivity contribution < 1.29 is 8.76 Å². The first kappa shape index (κ1) is 6.11. The van der Waals surface area contributed by atoms with Gasteiger partial charge in [-0.15, -0.1) is 4.55 Å². The molecular formula is C3H7O2S. The average Bonchev–Trinajstić information content (AvgIpc) is 1.35. The number of hydrogen-bond acceptors (Lipinski definition) is 1. The van der Waals surface area contributed by atoms with Crippen LogP contribution in [0.2, 0.25) is 0 Å². The SMILES string of the molecule is CCCS([O])=O. The van der Waals surface area contributed by atoms with Crippen LogP contribution in [0.4, 0.5) is 0 Å². The zero-order valence-corrected chi connectivity index (χ0v) is 4.46. The van der Waals surface area contributed by atoms with Crippen molar-refractivity contribution in [3.8, 4) is 0 Å².